The van der Waals surface area contributed by atoms with Crippen LogP contribution in [0.4, 0.5) is 5.69 Å². The fraction of sp³-hybridized carbons (Fsp3) is 0.148. The van der Waals surface area contributed by atoms with Gasteiger partial charge < -0.3 is 10.3 Å². The maximum Gasteiger partial charge on any atom is 0.147 e. The standard InChI is InChI=1S/C27H25N9/c1-15(2)17(4)32-19-7-18(10-28-11-19)23-8-20-25(12-30-23)34-35-26(20)24-9-21-22(33-24)5-6-29-27(21)36-13-16(3)31-14-36/h5-15,32-33H,4H2,1-3H3,(H,34,35). The number of pyridine rings is 3. The number of aromatic amines is 2. The Balaban J connectivity index is 1.41. The molecule has 6 aromatic heterocycles. The van der Waals surface area contributed by atoms with Crippen LogP contribution in [-0.2, 0) is 0 Å². The van der Waals surface area contributed by atoms with E-state index in [2.05, 4.69) is 66.9 Å². The van der Waals surface area contributed by atoms with Crippen molar-refractivity contribution in [3.63, 3.8) is 0 Å². The van der Waals surface area contributed by atoms with Gasteiger partial charge in [-0.1, -0.05) is 20.4 Å². The first-order valence-corrected chi connectivity index (χ1v) is 11.7. The zero-order valence-corrected chi connectivity index (χ0v) is 20.2. The lowest BCUT2D eigenvalue weighted by molar-refractivity contribution is 0.778. The number of hydrogen-bond acceptors (Lipinski definition) is 6. The third kappa shape index (κ3) is 3.80. The lowest BCUT2D eigenvalue weighted by Gasteiger charge is -2.13. The van der Waals surface area contributed by atoms with Crippen molar-refractivity contribution < 1.29 is 0 Å². The van der Waals surface area contributed by atoms with Gasteiger partial charge in [-0.3, -0.25) is 19.6 Å². The highest BCUT2D eigenvalue weighted by atomic mass is 15.1. The summed E-state index contributed by atoms with van der Waals surface area (Å²) in [6, 6.07) is 8.11. The maximum atomic E-state index is 4.65. The van der Waals surface area contributed by atoms with Gasteiger partial charge >= 0.3 is 0 Å². The lowest BCUT2D eigenvalue weighted by atomic mass is 10.1. The first-order chi connectivity index (χ1) is 17.5. The van der Waals surface area contributed by atoms with E-state index in [0.717, 1.165) is 67.3 Å². The van der Waals surface area contributed by atoms with Crippen molar-refractivity contribution in [1.29, 1.82) is 0 Å². The number of fused-ring (bicyclic) bond motifs is 2. The van der Waals surface area contributed by atoms with Gasteiger partial charge in [0.05, 0.1) is 46.2 Å². The average Bonchev–Trinajstić information content (AvgIpc) is 3.61. The van der Waals surface area contributed by atoms with Crippen LogP contribution >= 0.6 is 0 Å². The third-order valence-electron chi connectivity index (χ3n) is 6.22. The monoisotopic (exact) mass is 475 g/mol. The summed E-state index contributed by atoms with van der Waals surface area (Å²) in [5.41, 5.74) is 8.00. The zero-order valence-electron chi connectivity index (χ0n) is 20.2. The molecule has 0 atom stereocenters. The Morgan fingerprint density at radius 1 is 1.03 bits per heavy atom. The molecule has 0 aliphatic carbocycles. The fourth-order valence-electron chi connectivity index (χ4n) is 4.17. The van der Waals surface area contributed by atoms with Gasteiger partial charge in [-0.2, -0.15) is 5.10 Å². The molecule has 0 aliphatic heterocycles. The molecule has 0 aliphatic rings. The Kier molecular flexibility index (Phi) is 5.10. The molecule has 0 amide bonds. The van der Waals surface area contributed by atoms with Gasteiger partial charge in [0, 0.05) is 40.6 Å². The van der Waals surface area contributed by atoms with Crippen molar-refractivity contribution in [2.45, 2.75) is 20.8 Å². The molecular formula is C27H25N9. The van der Waals surface area contributed by atoms with E-state index in [0.29, 0.717) is 5.92 Å². The second kappa shape index (κ2) is 8.46. The Labute approximate surface area is 207 Å². The van der Waals surface area contributed by atoms with E-state index in [1.54, 1.807) is 24.9 Å². The van der Waals surface area contributed by atoms with Crippen LogP contribution < -0.4 is 5.32 Å². The molecule has 0 fully saturated rings. The second-order valence-electron chi connectivity index (χ2n) is 9.16. The molecule has 6 aromatic rings. The quantitative estimate of drug-likeness (QED) is 0.287. The number of anilines is 1. The SMILES string of the molecule is C=C(Nc1cncc(-c2cc3c(-c4cc5c(-n6cnc(C)c6)nccc5[nH]4)n[nH]c3cn2)c1)C(C)C. The normalized spacial score (nSPS) is 11.6. The van der Waals surface area contributed by atoms with Crippen molar-refractivity contribution in [2.75, 3.05) is 5.32 Å². The number of aryl methyl sites for hydroxylation is 1. The van der Waals surface area contributed by atoms with E-state index in [1.165, 1.54) is 0 Å². The van der Waals surface area contributed by atoms with Crippen LogP contribution in [0.5, 0.6) is 0 Å². The predicted molar refractivity (Wildman–Crippen MR) is 142 cm³/mol. The maximum absolute atomic E-state index is 4.65. The van der Waals surface area contributed by atoms with E-state index in [9.17, 15) is 0 Å². The largest absolute Gasteiger partial charge is 0.358 e. The number of rotatable bonds is 6. The van der Waals surface area contributed by atoms with Gasteiger partial charge in [0.1, 0.15) is 17.8 Å². The van der Waals surface area contributed by atoms with Gasteiger partial charge in [-0.25, -0.2) is 9.97 Å². The van der Waals surface area contributed by atoms with Gasteiger partial charge in [0.2, 0.25) is 0 Å². The van der Waals surface area contributed by atoms with E-state index in [4.69, 9.17) is 0 Å². The molecule has 3 N–H and O–H groups in total. The van der Waals surface area contributed by atoms with Crippen molar-refractivity contribution in [2.24, 2.45) is 5.92 Å². The molecule has 0 spiro atoms. The van der Waals surface area contributed by atoms with Crippen LogP contribution in [0, 0.1) is 12.8 Å². The molecule has 0 aromatic carbocycles. The van der Waals surface area contributed by atoms with Gasteiger partial charge in [0.25, 0.3) is 0 Å². The number of aromatic nitrogens is 8. The number of imidazole rings is 1. The summed E-state index contributed by atoms with van der Waals surface area (Å²) in [6.07, 6.45) is 10.9. The molecule has 0 radical (unpaired) electrons. The molecule has 6 rings (SSSR count). The minimum absolute atomic E-state index is 0.321. The highest BCUT2D eigenvalue weighted by Crippen LogP contribution is 2.32. The minimum atomic E-state index is 0.321. The molecule has 0 unspecified atom stereocenters. The fourth-order valence-corrected chi connectivity index (χ4v) is 4.17. The molecule has 0 saturated carbocycles. The van der Waals surface area contributed by atoms with Crippen LogP contribution in [0.25, 0.3) is 50.3 Å². The summed E-state index contributed by atoms with van der Waals surface area (Å²) in [6.45, 7) is 10.3. The van der Waals surface area contributed by atoms with Crippen LogP contribution in [0.1, 0.15) is 19.5 Å². The molecule has 6 heterocycles. The Morgan fingerprint density at radius 2 is 1.92 bits per heavy atom. The van der Waals surface area contributed by atoms with E-state index < -0.39 is 0 Å². The van der Waals surface area contributed by atoms with Crippen molar-refractivity contribution in [3.8, 4) is 28.5 Å². The molecule has 0 bridgehead atoms. The molecular weight excluding hydrogens is 450 g/mol. The summed E-state index contributed by atoms with van der Waals surface area (Å²) in [5.74, 6) is 1.14. The smallest absolute Gasteiger partial charge is 0.147 e. The van der Waals surface area contributed by atoms with Crippen molar-refractivity contribution >= 4 is 27.5 Å². The molecule has 36 heavy (non-hydrogen) atoms. The number of nitrogens with one attached hydrogen (secondary N) is 3. The third-order valence-corrected chi connectivity index (χ3v) is 6.22. The summed E-state index contributed by atoms with van der Waals surface area (Å²) in [4.78, 5) is 21.5. The topological polar surface area (TPSA) is 113 Å². The number of H-pyrrole nitrogens is 2. The molecule has 0 saturated heterocycles. The number of hydrogen-bond donors (Lipinski definition) is 3. The van der Waals surface area contributed by atoms with Crippen molar-refractivity contribution in [3.05, 3.63) is 79.5 Å². The lowest BCUT2D eigenvalue weighted by Crippen LogP contribution is -2.04. The molecule has 9 nitrogen and oxygen atoms in total. The first kappa shape index (κ1) is 21.7. The molecule has 9 heteroatoms. The summed E-state index contributed by atoms with van der Waals surface area (Å²) in [7, 11) is 0. The van der Waals surface area contributed by atoms with Crippen molar-refractivity contribution in [1.82, 2.24) is 39.7 Å². The molecule has 178 valence electrons. The van der Waals surface area contributed by atoms with E-state index >= 15 is 0 Å². The Bertz CT molecular complexity index is 1740. The number of nitrogens with zero attached hydrogens (tertiary/aromatic N) is 6. The Hall–Kier alpha value is -4.79. The average molecular weight is 476 g/mol. The summed E-state index contributed by atoms with van der Waals surface area (Å²) >= 11 is 0. The zero-order chi connectivity index (χ0) is 24.8. The van der Waals surface area contributed by atoms with E-state index in [-0.39, 0.29) is 0 Å². The van der Waals surface area contributed by atoms with Crippen LogP contribution in [0.15, 0.2) is 73.9 Å². The highest BCUT2D eigenvalue weighted by Gasteiger charge is 2.16. The predicted octanol–water partition coefficient (Wildman–Crippen LogP) is 5.64. The van der Waals surface area contributed by atoms with Crippen LogP contribution in [-0.4, -0.2) is 39.7 Å². The second-order valence-corrected chi connectivity index (χ2v) is 9.16. The van der Waals surface area contributed by atoms with Gasteiger partial charge in [-0.15, -0.1) is 0 Å². The summed E-state index contributed by atoms with van der Waals surface area (Å²) in [5, 5.41) is 13.0. The van der Waals surface area contributed by atoms with Crippen LogP contribution in [0.3, 0.4) is 0 Å². The van der Waals surface area contributed by atoms with E-state index in [1.807, 2.05) is 42.1 Å². The Morgan fingerprint density at radius 3 is 2.72 bits per heavy atom. The van der Waals surface area contributed by atoms with Crippen LogP contribution in [0.2, 0.25) is 0 Å². The summed E-state index contributed by atoms with van der Waals surface area (Å²) < 4.78 is 1.93. The van der Waals surface area contributed by atoms with Gasteiger partial charge in [0.15, 0.2) is 0 Å². The minimum Gasteiger partial charge on any atom is -0.358 e. The van der Waals surface area contributed by atoms with Gasteiger partial charge in [-0.05, 0) is 37.1 Å². The highest BCUT2D eigenvalue weighted by molar-refractivity contribution is 5.98. The number of allylic oxidation sites excluding steroid dienone is 1. The first-order valence-electron chi connectivity index (χ1n) is 11.7.